The van der Waals surface area contributed by atoms with E-state index in [1.165, 1.54) is 12.1 Å². The lowest BCUT2D eigenvalue weighted by molar-refractivity contribution is -0.120. The van der Waals surface area contributed by atoms with Gasteiger partial charge in [-0.05, 0) is 49.9 Å². The van der Waals surface area contributed by atoms with Crippen LogP contribution < -0.4 is 10.6 Å². The summed E-state index contributed by atoms with van der Waals surface area (Å²) in [5.41, 5.74) is -0.108. The van der Waals surface area contributed by atoms with Crippen LogP contribution in [0.15, 0.2) is 24.3 Å². The molecule has 1 fully saturated rings. The molecule has 1 unspecified atom stereocenters. The molecule has 0 aromatic heterocycles. The third-order valence-corrected chi connectivity index (χ3v) is 3.32. The van der Waals surface area contributed by atoms with E-state index < -0.39 is 5.54 Å². The summed E-state index contributed by atoms with van der Waals surface area (Å²) >= 11 is 0. The molecule has 0 bridgehead atoms. The topological polar surface area (TPSA) is 64.9 Å². The van der Waals surface area contributed by atoms with Crippen molar-refractivity contribution in [2.45, 2.75) is 25.3 Å². The fourth-order valence-electron chi connectivity index (χ4n) is 1.97. The summed E-state index contributed by atoms with van der Waals surface area (Å²) in [5, 5.41) is 14.8. The van der Waals surface area contributed by atoms with Gasteiger partial charge in [0, 0.05) is 5.69 Å². The highest BCUT2D eigenvalue weighted by molar-refractivity contribution is 5.81. The van der Waals surface area contributed by atoms with Gasteiger partial charge in [-0.15, -0.1) is 0 Å². The molecule has 5 heteroatoms. The lowest BCUT2D eigenvalue weighted by atomic mass is 9.98. The minimum Gasteiger partial charge on any atom is -0.376 e. The number of rotatable bonds is 5. The van der Waals surface area contributed by atoms with Gasteiger partial charge < -0.3 is 10.6 Å². The highest BCUT2D eigenvalue weighted by atomic mass is 19.1. The second-order valence-electron chi connectivity index (χ2n) is 5.00. The second kappa shape index (κ2) is 5.27. The van der Waals surface area contributed by atoms with Crippen molar-refractivity contribution in [3.05, 3.63) is 30.1 Å². The van der Waals surface area contributed by atoms with Gasteiger partial charge in [0.15, 0.2) is 0 Å². The SMILES string of the molecule is CC(C#N)(NC(=O)CNc1ccc(F)cc1)C1CC1. The largest absolute Gasteiger partial charge is 0.376 e. The molecule has 1 aliphatic carbocycles. The van der Waals surface area contributed by atoms with Crippen molar-refractivity contribution < 1.29 is 9.18 Å². The molecular weight excluding hydrogens is 245 g/mol. The van der Waals surface area contributed by atoms with Crippen LogP contribution in [0.3, 0.4) is 0 Å². The Bertz CT molecular complexity index is 504. The van der Waals surface area contributed by atoms with E-state index in [1.807, 2.05) is 0 Å². The van der Waals surface area contributed by atoms with Crippen molar-refractivity contribution in [3.8, 4) is 6.07 Å². The highest BCUT2D eigenvalue weighted by Gasteiger charge is 2.42. The van der Waals surface area contributed by atoms with Crippen LogP contribution in [0.4, 0.5) is 10.1 Å². The van der Waals surface area contributed by atoms with Crippen molar-refractivity contribution in [2.75, 3.05) is 11.9 Å². The van der Waals surface area contributed by atoms with Crippen LogP contribution in [0.1, 0.15) is 19.8 Å². The van der Waals surface area contributed by atoms with Gasteiger partial charge in [0.25, 0.3) is 0 Å². The summed E-state index contributed by atoms with van der Waals surface area (Å²) in [7, 11) is 0. The van der Waals surface area contributed by atoms with Gasteiger partial charge in [-0.25, -0.2) is 4.39 Å². The number of halogens is 1. The molecule has 1 aromatic carbocycles. The summed E-state index contributed by atoms with van der Waals surface area (Å²) in [4.78, 5) is 11.8. The molecule has 1 saturated carbocycles. The van der Waals surface area contributed by atoms with E-state index in [9.17, 15) is 9.18 Å². The van der Waals surface area contributed by atoms with Crippen molar-refractivity contribution in [1.29, 1.82) is 5.26 Å². The molecule has 1 atom stereocenters. The van der Waals surface area contributed by atoms with Crippen LogP contribution in [0, 0.1) is 23.1 Å². The lowest BCUT2D eigenvalue weighted by Crippen LogP contribution is -2.48. The molecule has 1 aromatic rings. The molecule has 0 saturated heterocycles. The van der Waals surface area contributed by atoms with Gasteiger partial charge in [0.1, 0.15) is 11.4 Å². The Labute approximate surface area is 111 Å². The molecule has 0 radical (unpaired) electrons. The summed E-state index contributed by atoms with van der Waals surface area (Å²) in [5.74, 6) is -0.298. The number of nitrogens with one attached hydrogen (secondary N) is 2. The van der Waals surface area contributed by atoms with Gasteiger partial charge in [-0.3, -0.25) is 4.79 Å². The normalized spacial score (nSPS) is 17.1. The Kier molecular flexibility index (Phi) is 3.70. The number of hydrogen-bond donors (Lipinski definition) is 2. The summed E-state index contributed by atoms with van der Waals surface area (Å²) in [6.45, 7) is 1.82. The third kappa shape index (κ3) is 3.44. The molecule has 2 rings (SSSR count). The Morgan fingerprint density at radius 1 is 1.47 bits per heavy atom. The molecule has 100 valence electrons. The Balaban J connectivity index is 1.84. The number of hydrogen-bond acceptors (Lipinski definition) is 3. The number of anilines is 1. The maximum Gasteiger partial charge on any atom is 0.240 e. The van der Waals surface area contributed by atoms with Crippen LogP contribution in [-0.2, 0) is 4.79 Å². The van der Waals surface area contributed by atoms with Gasteiger partial charge >= 0.3 is 0 Å². The number of benzene rings is 1. The number of carbonyl (C=O) groups is 1. The third-order valence-electron chi connectivity index (χ3n) is 3.32. The highest BCUT2D eigenvalue weighted by Crippen LogP contribution is 2.39. The molecule has 0 aliphatic heterocycles. The van der Waals surface area contributed by atoms with E-state index in [4.69, 9.17) is 5.26 Å². The summed E-state index contributed by atoms with van der Waals surface area (Å²) in [6, 6.07) is 7.94. The monoisotopic (exact) mass is 261 g/mol. The minimum absolute atomic E-state index is 0.0651. The van der Waals surface area contributed by atoms with E-state index in [2.05, 4.69) is 16.7 Å². The van der Waals surface area contributed by atoms with Crippen molar-refractivity contribution in [1.82, 2.24) is 5.32 Å². The van der Waals surface area contributed by atoms with E-state index in [0.717, 1.165) is 12.8 Å². The van der Waals surface area contributed by atoms with Crippen LogP contribution >= 0.6 is 0 Å². The summed E-state index contributed by atoms with van der Waals surface area (Å²) < 4.78 is 12.7. The number of nitrogens with zero attached hydrogens (tertiary/aromatic N) is 1. The molecule has 1 amide bonds. The predicted molar refractivity (Wildman–Crippen MR) is 69.8 cm³/mol. The summed E-state index contributed by atoms with van der Waals surface area (Å²) in [6.07, 6.45) is 1.96. The Morgan fingerprint density at radius 3 is 2.63 bits per heavy atom. The van der Waals surface area contributed by atoms with Gasteiger partial charge in [0.2, 0.25) is 5.91 Å². The first-order chi connectivity index (χ1) is 9.03. The lowest BCUT2D eigenvalue weighted by Gasteiger charge is -2.23. The quantitative estimate of drug-likeness (QED) is 0.852. The van der Waals surface area contributed by atoms with Gasteiger partial charge in [0.05, 0.1) is 12.6 Å². The van der Waals surface area contributed by atoms with E-state index in [-0.39, 0.29) is 24.2 Å². The predicted octanol–water partition coefficient (Wildman–Crippen LogP) is 2.05. The number of nitriles is 1. The fourth-order valence-corrected chi connectivity index (χ4v) is 1.97. The molecule has 1 aliphatic rings. The first kappa shape index (κ1) is 13.3. The zero-order valence-electron chi connectivity index (χ0n) is 10.7. The average molecular weight is 261 g/mol. The van der Waals surface area contributed by atoms with Crippen LogP contribution in [0.2, 0.25) is 0 Å². The zero-order chi connectivity index (χ0) is 13.9. The first-order valence-corrected chi connectivity index (χ1v) is 6.25. The van der Waals surface area contributed by atoms with Crippen molar-refractivity contribution >= 4 is 11.6 Å². The van der Waals surface area contributed by atoms with Crippen molar-refractivity contribution in [2.24, 2.45) is 5.92 Å². The smallest absolute Gasteiger partial charge is 0.240 e. The fraction of sp³-hybridized carbons (Fsp3) is 0.429. The Hall–Kier alpha value is -2.09. The molecule has 2 N–H and O–H groups in total. The molecule has 4 nitrogen and oxygen atoms in total. The van der Waals surface area contributed by atoms with Crippen molar-refractivity contribution in [3.63, 3.8) is 0 Å². The maximum atomic E-state index is 12.7. The van der Waals surface area contributed by atoms with E-state index in [1.54, 1.807) is 19.1 Å². The Morgan fingerprint density at radius 2 is 2.11 bits per heavy atom. The van der Waals surface area contributed by atoms with E-state index >= 15 is 0 Å². The number of carbonyl (C=O) groups excluding carboxylic acids is 1. The second-order valence-corrected chi connectivity index (χ2v) is 5.00. The van der Waals surface area contributed by atoms with Crippen LogP contribution in [-0.4, -0.2) is 18.0 Å². The zero-order valence-corrected chi connectivity index (χ0v) is 10.7. The first-order valence-electron chi connectivity index (χ1n) is 6.25. The molecule has 0 heterocycles. The standard InChI is InChI=1S/C14H16FN3O/c1-14(9-16,10-2-3-10)18-13(19)8-17-12-6-4-11(15)5-7-12/h4-7,10,17H,2-3,8H2,1H3,(H,18,19). The maximum absolute atomic E-state index is 12.7. The molecular formula is C14H16FN3O. The van der Waals surface area contributed by atoms with Crippen LogP contribution in [0.5, 0.6) is 0 Å². The van der Waals surface area contributed by atoms with Crippen LogP contribution in [0.25, 0.3) is 0 Å². The molecule has 0 spiro atoms. The average Bonchev–Trinajstić information content (AvgIpc) is 3.22. The number of amides is 1. The minimum atomic E-state index is -0.776. The van der Waals surface area contributed by atoms with E-state index in [0.29, 0.717) is 5.69 Å². The van der Waals surface area contributed by atoms with Gasteiger partial charge in [-0.2, -0.15) is 5.26 Å². The van der Waals surface area contributed by atoms with Gasteiger partial charge in [-0.1, -0.05) is 0 Å². The molecule has 19 heavy (non-hydrogen) atoms.